The number of hydrogen-bond acceptors (Lipinski definition) is 1. The molecular weight excluding hydrogens is 267 g/mol. The van der Waals surface area contributed by atoms with Gasteiger partial charge in [-0.25, -0.2) is 0 Å². The van der Waals surface area contributed by atoms with E-state index >= 15 is 0 Å². The van der Waals surface area contributed by atoms with Gasteiger partial charge in [0.2, 0.25) is 0 Å². The predicted octanol–water partition coefficient (Wildman–Crippen LogP) is 4.44. The van der Waals surface area contributed by atoms with Crippen molar-refractivity contribution >= 4 is 16.7 Å². The summed E-state index contributed by atoms with van der Waals surface area (Å²) in [5.74, 6) is -0.0788. The Balaban J connectivity index is 2.32. The smallest absolute Gasteiger partial charge is 0.357 e. The van der Waals surface area contributed by atoms with Crippen LogP contribution in [0.25, 0.3) is 10.9 Å². The van der Waals surface area contributed by atoms with Crippen molar-refractivity contribution in [1.29, 1.82) is 0 Å². The molecule has 3 rings (SSSR count). The van der Waals surface area contributed by atoms with Crippen LogP contribution in [0.2, 0.25) is 0 Å². The van der Waals surface area contributed by atoms with E-state index in [1.165, 1.54) is 6.07 Å². The maximum atomic E-state index is 12.8. The molecule has 106 valence electrons. The largest absolute Gasteiger partial charge is 0.416 e. The summed E-state index contributed by atoms with van der Waals surface area (Å²) < 4.78 is 38.4. The fourth-order valence-electron chi connectivity index (χ4n) is 2.84. The number of fused-ring (bicyclic) bond motifs is 3. The number of aromatic nitrogens is 1. The molecule has 1 aliphatic rings. The Morgan fingerprint density at radius 2 is 1.95 bits per heavy atom. The number of alkyl halides is 3. The predicted molar refractivity (Wildman–Crippen MR) is 69.9 cm³/mol. The van der Waals surface area contributed by atoms with E-state index in [0.29, 0.717) is 29.3 Å². The zero-order valence-corrected chi connectivity index (χ0v) is 11.2. The number of rotatable bonds is 0. The Hall–Kier alpha value is -1.78. The molecule has 0 unspecified atom stereocenters. The standard InChI is InChI=1S/C15H14F3NO/c1-14(2)6-5-11(20)12-9-7-8(15(16,17)18)3-4-10(9)19-13(12)14/h3-4,7,19H,5-6H2,1-2H3. The topological polar surface area (TPSA) is 32.9 Å². The molecule has 0 aliphatic heterocycles. The van der Waals surface area contributed by atoms with Gasteiger partial charge in [-0.15, -0.1) is 0 Å². The van der Waals surface area contributed by atoms with Crippen molar-refractivity contribution in [1.82, 2.24) is 4.98 Å². The Morgan fingerprint density at radius 3 is 2.60 bits per heavy atom. The lowest BCUT2D eigenvalue weighted by Gasteiger charge is -2.28. The second-order valence-electron chi connectivity index (χ2n) is 5.94. The van der Waals surface area contributed by atoms with Gasteiger partial charge in [0.25, 0.3) is 0 Å². The highest BCUT2D eigenvalue weighted by Crippen LogP contribution is 2.41. The van der Waals surface area contributed by atoms with Crippen molar-refractivity contribution in [3.8, 4) is 0 Å². The minimum absolute atomic E-state index is 0.0788. The van der Waals surface area contributed by atoms with E-state index in [1.807, 2.05) is 13.8 Å². The molecule has 1 aromatic carbocycles. The fraction of sp³-hybridized carbons (Fsp3) is 0.400. The molecule has 0 saturated heterocycles. The lowest BCUT2D eigenvalue weighted by Crippen LogP contribution is -2.26. The minimum atomic E-state index is -4.40. The van der Waals surface area contributed by atoms with Crippen molar-refractivity contribution < 1.29 is 18.0 Å². The molecule has 0 radical (unpaired) electrons. The molecule has 1 N–H and O–H groups in total. The number of benzene rings is 1. The second kappa shape index (κ2) is 3.87. The number of hydrogen-bond donors (Lipinski definition) is 1. The van der Waals surface area contributed by atoms with Crippen LogP contribution < -0.4 is 0 Å². The van der Waals surface area contributed by atoms with Gasteiger partial charge in [0.05, 0.1) is 5.56 Å². The quantitative estimate of drug-likeness (QED) is 0.760. The van der Waals surface area contributed by atoms with Crippen LogP contribution in [0.3, 0.4) is 0 Å². The van der Waals surface area contributed by atoms with Crippen molar-refractivity contribution in [3.05, 3.63) is 35.0 Å². The molecule has 0 spiro atoms. The monoisotopic (exact) mass is 281 g/mol. The second-order valence-corrected chi connectivity index (χ2v) is 5.94. The van der Waals surface area contributed by atoms with Crippen LogP contribution in [0.4, 0.5) is 13.2 Å². The summed E-state index contributed by atoms with van der Waals surface area (Å²) in [6.07, 6.45) is -3.31. The molecule has 1 heterocycles. The fourth-order valence-corrected chi connectivity index (χ4v) is 2.84. The van der Waals surface area contributed by atoms with Crippen LogP contribution in [0.5, 0.6) is 0 Å². The van der Waals surface area contributed by atoms with Gasteiger partial charge < -0.3 is 4.98 Å². The summed E-state index contributed by atoms with van der Waals surface area (Å²) in [4.78, 5) is 15.2. The van der Waals surface area contributed by atoms with Crippen LogP contribution in [0.1, 0.15) is 48.3 Å². The Morgan fingerprint density at radius 1 is 1.25 bits per heavy atom. The molecule has 0 saturated carbocycles. The summed E-state index contributed by atoms with van der Waals surface area (Å²) in [6, 6.07) is 3.52. The SMILES string of the molecule is CC1(C)CCC(=O)c2c1[nH]c1ccc(C(F)(F)F)cc21. The van der Waals surface area contributed by atoms with Crippen molar-refractivity contribution in [2.45, 2.75) is 38.3 Å². The molecule has 1 aliphatic carbocycles. The Labute approximate surface area is 114 Å². The Bertz CT molecular complexity index is 710. The molecule has 0 fully saturated rings. The zero-order valence-electron chi connectivity index (χ0n) is 11.2. The van der Waals surface area contributed by atoms with Crippen molar-refractivity contribution in [2.24, 2.45) is 0 Å². The van der Waals surface area contributed by atoms with E-state index in [-0.39, 0.29) is 11.2 Å². The number of nitrogens with one attached hydrogen (secondary N) is 1. The van der Waals surface area contributed by atoms with E-state index in [1.54, 1.807) is 0 Å². The summed E-state index contributed by atoms with van der Waals surface area (Å²) in [5.41, 5.74) is 0.834. The first-order valence-corrected chi connectivity index (χ1v) is 6.47. The molecule has 5 heteroatoms. The van der Waals surface area contributed by atoms with E-state index in [9.17, 15) is 18.0 Å². The molecule has 0 bridgehead atoms. The highest BCUT2D eigenvalue weighted by atomic mass is 19.4. The maximum absolute atomic E-state index is 12.8. The minimum Gasteiger partial charge on any atom is -0.357 e. The molecular formula is C15H14F3NO. The number of H-pyrrole nitrogens is 1. The van der Waals surface area contributed by atoms with Crippen LogP contribution >= 0.6 is 0 Å². The summed E-state index contributed by atoms with van der Waals surface area (Å²) in [6.45, 7) is 4.00. The zero-order chi connectivity index (χ0) is 14.7. The first-order chi connectivity index (χ1) is 9.20. The third kappa shape index (κ3) is 1.84. The van der Waals surface area contributed by atoms with Gasteiger partial charge in [0, 0.05) is 34.0 Å². The highest BCUT2D eigenvalue weighted by molar-refractivity contribution is 6.10. The van der Waals surface area contributed by atoms with Crippen LogP contribution in [-0.2, 0) is 11.6 Å². The molecule has 1 aromatic heterocycles. The van der Waals surface area contributed by atoms with E-state index in [2.05, 4.69) is 4.98 Å². The van der Waals surface area contributed by atoms with E-state index in [0.717, 1.165) is 17.8 Å². The average molecular weight is 281 g/mol. The number of ketones is 1. The number of aromatic amines is 1. The first-order valence-electron chi connectivity index (χ1n) is 6.47. The van der Waals surface area contributed by atoms with Crippen molar-refractivity contribution in [2.75, 3.05) is 0 Å². The van der Waals surface area contributed by atoms with Gasteiger partial charge in [-0.05, 0) is 24.6 Å². The van der Waals surface area contributed by atoms with Crippen LogP contribution in [0.15, 0.2) is 18.2 Å². The third-order valence-electron chi connectivity index (χ3n) is 4.06. The lowest BCUT2D eigenvalue weighted by atomic mass is 9.76. The van der Waals surface area contributed by atoms with Gasteiger partial charge in [0.1, 0.15) is 0 Å². The number of halogens is 3. The van der Waals surface area contributed by atoms with Gasteiger partial charge in [0.15, 0.2) is 5.78 Å². The number of carbonyl (C=O) groups is 1. The van der Waals surface area contributed by atoms with Gasteiger partial charge >= 0.3 is 6.18 Å². The molecule has 0 amide bonds. The Kier molecular flexibility index (Phi) is 2.56. The van der Waals surface area contributed by atoms with Crippen LogP contribution in [0, 0.1) is 0 Å². The third-order valence-corrected chi connectivity index (χ3v) is 4.06. The van der Waals surface area contributed by atoms with Crippen molar-refractivity contribution in [3.63, 3.8) is 0 Å². The van der Waals surface area contributed by atoms with E-state index in [4.69, 9.17) is 0 Å². The summed E-state index contributed by atoms with van der Waals surface area (Å²) >= 11 is 0. The van der Waals surface area contributed by atoms with Gasteiger partial charge in [-0.2, -0.15) is 13.2 Å². The van der Waals surface area contributed by atoms with Crippen LogP contribution in [-0.4, -0.2) is 10.8 Å². The van der Waals surface area contributed by atoms with Gasteiger partial charge in [-0.1, -0.05) is 13.8 Å². The number of carbonyl (C=O) groups excluding carboxylic acids is 1. The molecule has 2 nitrogen and oxygen atoms in total. The molecule has 0 atom stereocenters. The number of Topliss-reactive ketones (excluding diaryl/α,β-unsaturated/α-hetero) is 1. The van der Waals surface area contributed by atoms with E-state index < -0.39 is 11.7 Å². The molecule has 20 heavy (non-hydrogen) atoms. The molecule has 2 aromatic rings. The maximum Gasteiger partial charge on any atom is 0.416 e. The normalized spacial score (nSPS) is 18.4. The summed E-state index contributed by atoms with van der Waals surface area (Å²) in [7, 11) is 0. The van der Waals surface area contributed by atoms with Gasteiger partial charge in [-0.3, -0.25) is 4.79 Å². The highest BCUT2D eigenvalue weighted by Gasteiger charge is 2.36. The summed E-state index contributed by atoms with van der Waals surface area (Å²) in [5, 5.41) is 0.382. The average Bonchev–Trinajstić information content (AvgIpc) is 2.73. The first kappa shape index (κ1) is 13.2. The lowest BCUT2D eigenvalue weighted by molar-refractivity contribution is -0.137.